The summed E-state index contributed by atoms with van der Waals surface area (Å²) in [6.45, 7) is 0.429. The Balaban J connectivity index is 1.60. The van der Waals surface area contributed by atoms with Crippen LogP contribution in [0.3, 0.4) is 0 Å². The molecule has 0 bridgehead atoms. The summed E-state index contributed by atoms with van der Waals surface area (Å²) >= 11 is 3.31. The van der Waals surface area contributed by atoms with Gasteiger partial charge in [0.15, 0.2) is 6.61 Å². The van der Waals surface area contributed by atoms with E-state index in [-0.39, 0.29) is 18.4 Å². The van der Waals surface area contributed by atoms with Crippen LogP contribution in [-0.4, -0.2) is 23.4 Å². The molecular weight excluding hydrogens is 422 g/mol. The number of anilines is 2. The van der Waals surface area contributed by atoms with Crippen molar-refractivity contribution in [2.75, 3.05) is 16.8 Å². The van der Waals surface area contributed by atoms with Gasteiger partial charge in [-0.05, 0) is 45.8 Å². The monoisotopic (exact) mass is 437 g/mol. The molecule has 0 fully saturated rings. The van der Waals surface area contributed by atoms with Crippen molar-refractivity contribution >= 4 is 39.1 Å². The number of hydrogen-bond donors (Lipinski definition) is 1. The number of fused-ring (bicyclic) bond motifs is 1. The van der Waals surface area contributed by atoms with Gasteiger partial charge in [0, 0.05) is 22.6 Å². The molecule has 3 aromatic rings. The molecule has 1 aliphatic heterocycles. The molecule has 0 aliphatic carbocycles. The maximum atomic E-state index is 12.5. The second-order valence-electron chi connectivity index (χ2n) is 6.28. The number of carbonyl (C=O) groups excluding carboxylic acids is 2. The fourth-order valence-electron chi connectivity index (χ4n) is 2.96. The lowest BCUT2D eigenvalue weighted by atomic mass is 10.1. The molecular formula is C21H16BrN3O3. The van der Waals surface area contributed by atoms with E-state index in [0.717, 1.165) is 10.0 Å². The predicted octanol–water partition coefficient (Wildman–Crippen LogP) is 4.02. The summed E-state index contributed by atoms with van der Waals surface area (Å²) in [5.74, 6) is 0.195. The Morgan fingerprint density at radius 1 is 1.14 bits per heavy atom. The highest BCUT2D eigenvalue weighted by atomic mass is 79.9. The maximum Gasteiger partial charge on any atom is 0.265 e. The molecule has 6 nitrogen and oxygen atoms in total. The SMILES string of the molecule is O=C(Nc1ccc2c(c1)N(Cc1ccccc1)C(=O)CO2)c1cncc(Br)c1. The van der Waals surface area contributed by atoms with Crippen molar-refractivity contribution < 1.29 is 14.3 Å². The Bertz CT molecular complexity index is 1040. The summed E-state index contributed by atoms with van der Waals surface area (Å²) in [6.07, 6.45) is 3.10. The van der Waals surface area contributed by atoms with Crippen LogP contribution in [0.1, 0.15) is 15.9 Å². The Morgan fingerprint density at radius 3 is 2.75 bits per heavy atom. The third-order valence-electron chi connectivity index (χ3n) is 4.31. The van der Waals surface area contributed by atoms with Gasteiger partial charge in [0.1, 0.15) is 5.75 Å². The lowest BCUT2D eigenvalue weighted by molar-refractivity contribution is -0.121. The zero-order chi connectivity index (χ0) is 19.5. The van der Waals surface area contributed by atoms with Gasteiger partial charge >= 0.3 is 0 Å². The number of aromatic nitrogens is 1. The van der Waals surface area contributed by atoms with E-state index in [1.54, 1.807) is 35.4 Å². The van der Waals surface area contributed by atoms with Crippen molar-refractivity contribution in [1.82, 2.24) is 4.98 Å². The normalized spacial score (nSPS) is 12.9. The molecule has 0 saturated heterocycles. The molecule has 2 aromatic carbocycles. The van der Waals surface area contributed by atoms with E-state index in [9.17, 15) is 9.59 Å². The first-order chi connectivity index (χ1) is 13.6. The van der Waals surface area contributed by atoms with Crippen LogP contribution in [0, 0.1) is 0 Å². The molecule has 1 N–H and O–H groups in total. The van der Waals surface area contributed by atoms with Crippen LogP contribution in [0.4, 0.5) is 11.4 Å². The Labute approximate surface area is 170 Å². The van der Waals surface area contributed by atoms with E-state index < -0.39 is 0 Å². The van der Waals surface area contributed by atoms with Crippen LogP contribution in [0.2, 0.25) is 0 Å². The van der Waals surface area contributed by atoms with E-state index in [1.165, 1.54) is 6.20 Å². The van der Waals surface area contributed by atoms with Crippen molar-refractivity contribution in [2.45, 2.75) is 6.54 Å². The smallest absolute Gasteiger partial charge is 0.265 e. The van der Waals surface area contributed by atoms with Crippen LogP contribution < -0.4 is 15.0 Å². The molecule has 7 heteroatoms. The standard InChI is InChI=1S/C21H16BrN3O3/c22-16-8-15(10-23-11-16)21(27)24-17-6-7-19-18(9-17)25(20(26)13-28-19)12-14-4-2-1-3-5-14/h1-11H,12-13H2,(H,24,27). The maximum absolute atomic E-state index is 12.5. The molecule has 1 aromatic heterocycles. The third-order valence-corrected chi connectivity index (χ3v) is 4.74. The summed E-state index contributed by atoms with van der Waals surface area (Å²) in [5, 5.41) is 2.84. The fraction of sp³-hybridized carbons (Fsp3) is 0.0952. The molecule has 2 amide bonds. The number of halogens is 1. The lowest BCUT2D eigenvalue weighted by Gasteiger charge is -2.30. The number of nitrogens with zero attached hydrogens (tertiary/aromatic N) is 2. The van der Waals surface area contributed by atoms with Gasteiger partial charge < -0.3 is 15.0 Å². The van der Waals surface area contributed by atoms with E-state index in [4.69, 9.17) is 4.74 Å². The van der Waals surface area contributed by atoms with Crippen LogP contribution >= 0.6 is 15.9 Å². The quantitative estimate of drug-likeness (QED) is 0.668. The van der Waals surface area contributed by atoms with Gasteiger partial charge in [-0.2, -0.15) is 0 Å². The van der Waals surface area contributed by atoms with Crippen LogP contribution in [0.15, 0.2) is 71.5 Å². The van der Waals surface area contributed by atoms with E-state index in [1.807, 2.05) is 30.3 Å². The topological polar surface area (TPSA) is 71.5 Å². The highest BCUT2D eigenvalue weighted by Gasteiger charge is 2.26. The summed E-state index contributed by atoms with van der Waals surface area (Å²) in [6, 6.07) is 16.7. The number of amides is 2. The average molecular weight is 438 g/mol. The van der Waals surface area contributed by atoms with Gasteiger partial charge in [0.2, 0.25) is 0 Å². The third kappa shape index (κ3) is 3.89. The summed E-state index contributed by atoms with van der Waals surface area (Å²) in [4.78, 5) is 30.6. The number of ether oxygens (including phenoxy) is 1. The summed E-state index contributed by atoms with van der Waals surface area (Å²) in [5.41, 5.74) is 2.64. The second kappa shape index (κ2) is 7.82. The van der Waals surface area contributed by atoms with Crippen molar-refractivity contribution in [3.05, 3.63) is 82.6 Å². The van der Waals surface area contributed by atoms with Crippen LogP contribution in [0.25, 0.3) is 0 Å². The van der Waals surface area contributed by atoms with Gasteiger partial charge in [-0.3, -0.25) is 14.6 Å². The molecule has 28 heavy (non-hydrogen) atoms. The predicted molar refractivity (Wildman–Crippen MR) is 109 cm³/mol. The number of nitrogens with one attached hydrogen (secondary N) is 1. The number of pyridine rings is 1. The van der Waals surface area contributed by atoms with Crippen LogP contribution in [-0.2, 0) is 11.3 Å². The van der Waals surface area contributed by atoms with Crippen molar-refractivity contribution in [3.63, 3.8) is 0 Å². The molecule has 0 radical (unpaired) electrons. The van der Waals surface area contributed by atoms with Crippen molar-refractivity contribution in [3.8, 4) is 5.75 Å². The fourth-order valence-corrected chi connectivity index (χ4v) is 3.32. The highest BCUT2D eigenvalue weighted by Crippen LogP contribution is 2.35. The Morgan fingerprint density at radius 2 is 1.96 bits per heavy atom. The largest absolute Gasteiger partial charge is 0.482 e. The van der Waals surface area contributed by atoms with E-state index in [0.29, 0.717) is 29.2 Å². The molecule has 0 saturated carbocycles. The van der Waals surface area contributed by atoms with Gasteiger partial charge in [-0.15, -0.1) is 0 Å². The minimum Gasteiger partial charge on any atom is -0.482 e. The minimum atomic E-state index is -0.286. The minimum absolute atomic E-state index is 0.00471. The van der Waals surface area contributed by atoms with Crippen molar-refractivity contribution in [2.24, 2.45) is 0 Å². The molecule has 4 rings (SSSR count). The van der Waals surface area contributed by atoms with Gasteiger partial charge in [0.25, 0.3) is 11.8 Å². The van der Waals surface area contributed by atoms with Gasteiger partial charge in [-0.25, -0.2) is 0 Å². The zero-order valence-electron chi connectivity index (χ0n) is 14.8. The van der Waals surface area contributed by atoms with Gasteiger partial charge in [0.05, 0.1) is 17.8 Å². The summed E-state index contributed by atoms with van der Waals surface area (Å²) in [7, 11) is 0. The summed E-state index contributed by atoms with van der Waals surface area (Å²) < 4.78 is 6.26. The number of benzene rings is 2. The van der Waals surface area contributed by atoms with E-state index in [2.05, 4.69) is 26.2 Å². The number of rotatable bonds is 4. The highest BCUT2D eigenvalue weighted by molar-refractivity contribution is 9.10. The first-order valence-corrected chi connectivity index (χ1v) is 9.42. The first kappa shape index (κ1) is 18.2. The molecule has 0 spiro atoms. The number of hydrogen-bond acceptors (Lipinski definition) is 4. The average Bonchev–Trinajstić information content (AvgIpc) is 2.71. The molecule has 1 aliphatic rings. The lowest BCUT2D eigenvalue weighted by Crippen LogP contribution is -2.38. The Hall–Kier alpha value is -3.19. The van der Waals surface area contributed by atoms with Crippen molar-refractivity contribution in [1.29, 1.82) is 0 Å². The molecule has 0 atom stereocenters. The second-order valence-corrected chi connectivity index (χ2v) is 7.20. The van der Waals surface area contributed by atoms with E-state index >= 15 is 0 Å². The van der Waals surface area contributed by atoms with Crippen LogP contribution in [0.5, 0.6) is 5.75 Å². The zero-order valence-corrected chi connectivity index (χ0v) is 16.3. The van der Waals surface area contributed by atoms with Gasteiger partial charge in [-0.1, -0.05) is 30.3 Å². The molecule has 140 valence electrons. The Kier molecular flexibility index (Phi) is 5.08. The molecule has 2 heterocycles. The molecule has 0 unspecified atom stereocenters. The first-order valence-electron chi connectivity index (χ1n) is 8.63. The number of carbonyl (C=O) groups is 2.